The molecular weight excluding hydrogens is 348 g/mol. The maximum Gasteiger partial charge on any atom is 0.337 e. The van der Waals surface area contributed by atoms with Crippen molar-refractivity contribution in [2.24, 2.45) is 11.8 Å². The third-order valence-electron chi connectivity index (χ3n) is 6.52. The van der Waals surface area contributed by atoms with E-state index >= 15 is 0 Å². The molecule has 0 aliphatic carbocycles. The van der Waals surface area contributed by atoms with Crippen LogP contribution in [0.1, 0.15) is 23.7 Å². The Bertz CT molecular complexity index is 951. The average Bonchev–Trinajstić information content (AvgIpc) is 3.05. The van der Waals surface area contributed by atoms with Crippen molar-refractivity contribution in [2.45, 2.75) is 25.2 Å². The lowest BCUT2D eigenvalue weighted by Crippen LogP contribution is -2.60. The van der Waals surface area contributed by atoms with E-state index in [9.17, 15) is 15.1 Å². The molecule has 1 saturated heterocycles. The van der Waals surface area contributed by atoms with Crippen LogP contribution in [0, 0.1) is 17.0 Å². The summed E-state index contributed by atoms with van der Waals surface area (Å²) in [5, 5.41) is 25.2. The van der Waals surface area contributed by atoms with Crippen LogP contribution in [-0.4, -0.2) is 47.2 Å². The molecule has 1 fully saturated rings. The van der Waals surface area contributed by atoms with E-state index in [1.807, 2.05) is 18.2 Å². The van der Waals surface area contributed by atoms with Crippen LogP contribution in [0.2, 0.25) is 0 Å². The molecule has 7 nitrogen and oxygen atoms in total. The molecule has 142 valence electrons. The molecule has 27 heavy (non-hydrogen) atoms. The number of benzene rings is 1. The van der Waals surface area contributed by atoms with E-state index in [1.54, 1.807) is 0 Å². The number of hydroxylamine groups is 3. The summed E-state index contributed by atoms with van der Waals surface area (Å²) < 4.78 is 9.76. The Labute approximate surface area is 156 Å². The molecule has 2 N–H and O–H groups in total. The van der Waals surface area contributed by atoms with Gasteiger partial charge in [-0.3, -0.25) is 0 Å². The quantitative estimate of drug-likeness (QED) is 0.456. The number of aromatic nitrogens is 1. The lowest BCUT2D eigenvalue weighted by Gasteiger charge is -2.58. The molecule has 4 heterocycles. The number of aliphatic hydroxyl groups excluding tert-OH is 1. The third-order valence-corrected chi connectivity index (χ3v) is 6.52. The van der Waals surface area contributed by atoms with Gasteiger partial charge < -0.3 is 29.4 Å². The largest absolute Gasteiger partial charge is 0.632 e. The molecule has 5 rings (SSSR count). The van der Waals surface area contributed by atoms with Crippen molar-refractivity contribution in [2.75, 3.05) is 20.2 Å². The Morgan fingerprint density at radius 1 is 1.41 bits per heavy atom. The van der Waals surface area contributed by atoms with Gasteiger partial charge in [-0.15, -0.1) is 0 Å². The maximum absolute atomic E-state index is 13.7. The van der Waals surface area contributed by atoms with E-state index in [-0.39, 0.29) is 18.5 Å². The van der Waals surface area contributed by atoms with Crippen molar-refractivity contribution < 1.29 is 24.0 Å². The molecule has 0 bridgehead atoms. The van der Waals surface area contributed by atoms with Gasteiger partial charge in [-0.2, -0.15) is 0 Å². The average molecular weight is 370 g/mol. The Hall–Kier alpha value is -2.35. The second kappa shape index (κ2) is 5.82. The van der Waals surface area contributed by atoms with E-state index < -0.39 is 22.8 Å². The summed E-state index contributed by atoms with van der Waals surface area (Å²) >= 11 is 0. The number of carbonyl (C=O) groups excluding carboxylic acids is 1. The van der Waals surface area contributed by atoms with Crippen molar-refractivity contribution in [1.82, 2.24) is 4.98 Å². The van der Waals surface area contributed by atoms with Crippen molar-refractivity contribution in [1.29, 1.82) is 0 Å². The monoisotopic (exact) mass is 370 g/mol. The predicted molar refractivity (Wildman–Crippen MR) is 96.9 cm³/mol. The fraction of sp³-hybridized carbons (Fsp3) is 0.450. The number of ether oxygens (including phenoxy) is 2. The number of aromatic amines is 1. The Balaban J connectivity index is 1.59. The lowest BCUT2D eigenvalue weighted by atomic mass is 9.73. The lowest BCUT2D eigenvalue weighted by molar-refractivity contribution is -0.925. The van der Waals surface area contributed by atoms with Crippen LogP contribution in [0.25, 0.3) is 10.9 Å². The zero-order valence-electron chi connectivity index (χ0n) is 15.1. The van der Waals surface area contributed by atoms with E-state index in [2.05, 4.69) is 11.1 Å². The van der Waals surface area contributed by atoms with Gasteiger partial charge in [-0.25, -0.2) is 4.79 Å². The maximum atomic E-state index is 13.7. The summed E-state index contributed by atoms with van der Waals surface area (Å²) in [5.74, 6) is -1.14. The Kier molecular flexibility index (Phi) is 3.62. The summed E-state index contributed by atoms with van der Waals surface area (Å²) in [4.78, 5) is 15.7. The summed E-state index contributed by atoms with van der Waals surface area (Å²) in [7, 11) is 1.33. The number of methoxy groups -OCH3 is 1. The standard InChI is InChI=1S/C20H22N2O5/c1-26-19(23)15-10-27-20(24)14-9-22(25)7-6-12-11-4-2-3-5-16(11)21-18(12)17(22)8-13(14)15/h2-5,10,13-14,17,20-21,24H,6-9H2,1H3/t13-,14-,17-,20+,22?/m0/s1. The number of H-pyrrole nitrogens is 1. The first-order valence-electron chi connectivity index (χ1n) is 9.31. The number of fused-ring (bicyclic) bond motifs is 6. The van der Waals surface area contributed by atoms with Gasteiger partial charge in [0.05, 0.1) is 43.6 Å². The second-order valence-corrected chi connectivity index (χ2v) is 7.78. The molecule has 0 spiro atoms. The number of para-hydroxylation sites is 1. The van der Waals surface area contributed by atoms with Crippen LogP contribution in [0.15, 0.2) is 36.1 Å². The highest BCUT2D eigenvalue weighted by Crippen LogP contribution is 2.50. The highest BCUT2D eigenvalue weighted by Gasteiger charge is 2.53. The zero-order chi connectivity index (χ0) is 18.8. The van der Waals surface area contributed by atoms with Gasteiger partial charge in [0, 0.05) is 29.7 Å². The third kappa shape index (κ3) is 2.35. The van der Waals surface area contributed by atoms with Gasteiger partial charge >= 0.3 is 5.97 Å². The molecule has 3 aliphatic rings. The number of hydrogen-bond acceptors (Lipinski definition) is 5. The number of carbonyl (C=O) groups is 1. The number of aliphatic hydroxyl groups is 1. The minimum absolute atomic E-state index is 0.222. The van der Waals surface area contributed by atoms with Gasteiger partial charge in [0.25, 0.3) is 0 Å². The smallest absolute Gasteiger partial charge is 0.337 e. The normalized spacial score (nSPS) is 34.7. The van der Waals surface area contributed by atoms with Gasteiger partial charge in [-0.1, -0.05) is 18.2 Å². The summed E-state index contributed by atoms with van der Waals surface area (Å²) in [5.41, 5.74) is 3.62. The first-order chi connectivity index (χ1) is 13.0. The summed E-state index contributed by atoms with van der Waals surface area (Å²) in [6.45, 7) is 0.687. The first-order valence-corrected chi connectivity index (χ1v) is 9.31. The number of quaternary nitrogens is 1. The van der Waals surface area contributed by atoms with E-state index in [0.717, 1.165) is 16.6 Å². The zero-order valence-corrected chi connectivity index (χ0v) is 15.1. The molecule has 3 aliphatic heterocycles. The molecule has 0 radical (unpaired) electrons. The van der Waals surface area contributed by atoms with Crippen LogP contribution >= 0.6 is 0 Å². The molecule has 1 aromatic carbocycles. The van der Waals surface area contributed by atoms with Gasteiger partial charge in [0.1, 0.15) is 6.04 Å². The van der Waals surface area contributed by atoms with Crippen molar-refractivity contribution in [3.8, 4) is 0 Å². The summed E-state index contributed by atoms with van der Waals surface area (Å²) in [6, 6.07) is 7.80. The molecule has 0 saturated carbocycles. The van der Waals surface area contributed by atoms with Gasteiger partial charge in [0.15, 0.2) is 0 Å². The highest BCUT2D eigenvalue weighted by molar-refractivity contribution is 5.89. The van der Waals surface area contributed by atoms with E-state index in [0.29, 0.717) is 25.0 Å². The molecule has 2 aromatic rings. The van der Waals surface area contributed by atoms with Crippen LogP contribution in [0.3, 0.4) is 0 Å². The fourth-order valence-corrected chi connectivity index (χ4v) is 5.19. The number of nitrogens with zero attached hydrogens (tertiary/aromatic N) is 1. The predicted octanol–water partition coefficient (Wildman–Crippen LogP) is 2.12. The topological polar surface area (TPSA) is 94.6 Å². The molecule has 1 unspecified atom stereocenters. The van der Waals surface area contributed by atoms with Crippen molar-refractivity contribution >= 4 is 16.9 Å². The summed E-state index contributed by atoms with van der Waals surface area (Å²) in [6.07, 6.45) is 1.41. The van der Waals surface area contributed by atoms with Crippen LogP contribution in [0.4, 0.5) is 0 Å². The number of hydrogen-bond donors (Lipinski definition) is 2. The highest BCUT2D eigenvalue weighted by atomic mass is 16.6. The number of nitrogens with one attached hydrogen (secondary N) is 1. The van der Waals surface area contributed by atoms with Crippen molar-refractivity contribution in [3.05, 3.63) is 52.6 Å². The van der Waals surface area contributed by atoms with Crippen LogP contribution in [-0.2, 0) is 20.7 Å². The number of piperidine rings is 1. The van der Waals surface area contributed by atoms with Crippen molar-refractivity contribution in [3.63, 3.8) is 0 Å². The van der Waals surface area contributed by atoms with Crippen LogP contribution in [0.5, 0.6) is 0 Å². The molecule has 1 aromatic heterocycles. The first kappa shape index (κ1) is 16.8. The fourth-order valence-electron chi connectivity index (χ4n) is 5.19. The molecule has 0 amide bonds. The molecular formula is C20H22N2O5. The number of esters is 1. The SMILES string of the molecule is COC(=O)C1=CO[C@@H](O)[C@H]2C[N+]3([O-])CCc4c([nH]c5ccccc45)[C@@H]3C[C@H]12. The van der Waals surface area contributed by atoms with Gasteiger partial charge in [0.2, 0.25) is 6.29 Å². The second-order valence-electron chi connectivity index (χ2n) is 7.78. The Morgan fingerprint density at radius 2 is 2.22 bits per heavy atom. The van der Waals surface area contributed by atoms with E-state index in [1.165, 1.54) is 18.9 Å². The van der Waals surface area contributed by atoms with Crippen LogP contribution < -0.4 is 0 Å². The molecule has 7 heteroatoms. The molecule has 5 atom stereocenters. The van der Waals surface area contributed by atoms with E-state index in [4.69, 9.17) is 9.47 Å². The minimum Gasteiger partial charge on any atom is -0.632 e. The number of rotatable bonds is 1. The Morgan fingerprint density at radius 3 is 3.04 bits per heavy atom. The van der Waals surface area contributed by atoms with Gasteiger partial charge in [-0.05, 0) is 11.6 Å². The minimum atomic E-state index is -1.07.